The zero-order valence-corrected chi connectivity index (χ0v) is 44.3. The van der Waals surface area contributed by atoms with Crippen molar-refractivity contribution in [3.8, 4) is 22.5 Å². The third-order valence-electron chi connectivity index (χ3n) is 14.1. The number of esters is 1. The third kappa shape index (κ3) is 11.3. The first kappa shape index (κ1) is 52.8. The molecule has 7 heterocycles. The normalized spacial score (nSPS) is 21.1. The number of thiazole rings is 1. The molecule has 3 aromatic heterocycles. The summed E-state index contributed by atoms with van der Waals surface area (Å²) in [5, 5.41) is 8.43. The highest BCUT2D eigenvalue weighted by molar-refractivity contribution is 7.93. The average molecular weight is 1030 g/mol. The molecule has 4 aliphatic rings. The molecule has 18 nitrogen and oxygen atoms in total. The Bertz CT molecular complexity index is 2840. The topological polar surface area (TPSA) is 198 Å². The predicted octanol–water partition coefficient (Wildman–Crippen LogP) is 5.74. The summed E-state index contributed by atoms with van der Waals surface area (Å²) < 4.78 is 60.1. The van der Waals surface area contributed by atoms with Crippen molar-refractivity contribution in [2.75, 3.05) is 77.9 Å². The number of aryl methyl sites for hydroxylation is 1. The number of pyridine rings is 1. The summed E-state index contributed by atoms with van der Waals surface area (Å²) in [6, 6.07) is 2.06. The number of carbonyl (C=O) groups is 4. The number of morpholine rings is 1. The number of fused-ring (bicyclic) bond motifs is 6. The van der Waals surface area contributed by atoms with Crippen LogP contribution in [0.1, 0.15) is 76.8 Å². The van der Waals surface area contributed by atoms with Gasteiger partial charge in [0.25, 0.3) is 5.91 Å². The van der Waals surface area contributed by atoms with E-state index in [9.17, 15) is 27.6 Å². The summed E-state index contributed by atoms with van der Waals surface area (Å²) >= 11 is 1.24. The molecule has 0 unspecified atom stereocenters. The number of rotatable bonds is 11. The second-order valence-corrected chi connectivity index (χ2v) is 23.5. The lowest BCUT2D eigenvalue weighted by Crippen LogP contribution is -2.63. The summed E-state index contributed by atoms with van der Waals surface area (Å²) in [5.74, 6) is -2.63. The molecule has 4 aliphatic heterocycles. The Kier molecular flexibility index (Phi) is 15.8. The van der Waals surface area contributed by atoms with E-state index < -0.39 is 63.0 Å². The number of nitrogens with one attached hydrogen (secondary N) is 2. The maximum Gasteiger partial charge on any atom is 0.324 e. The van der Waals surface area contributed by atoms with E-state index in [1.165, 1.54) is 33.2 Å². The minimum Gasteiger partial charge on any atom is -0.464 e. The zero-order chi connectivity index (χ0) is 51.8. The number of halogens is 1. The number of methoxy groups -OCH3 is 1. The van der Waals surface area contributed by atoms with Crippen molar-refractivity contribution >= 4 is 61.6 Å². The molecule has 0 aliphatic carbocycles. The fourth-order valence-corrected chi connectivity index (χ4v) is 11.6. The van der Waals surface area contributed by atoms with Crippen molar-refractivity contribution in [3.05, 3.63) is 63.3 Å². The van der Waals surface area contributed by atoms with Crippen LogP contribution in [0.2, 0.25) is 0 Å². The monoisotopic (exact) mass is 1030 g/mol. The lowest BCUT2D eigenvalue weighted by Gasteiger charge is -2.42. The van der Waals surface area contributed by atoms with Crippen LogP contribution in [0.4, 0.5) is 14.9 Å². The van der Waals surface area contributed by atoms with Gasteiger partial charge in [0.2, 0.25) is 5.91 Å². The molecular weight excluding hydrogens is 966 g/mol. The van der Waals surface area contributed by atoms with Crippen molar-refractivity contribution < 1.29 is 46.2 Å². The molecule has 3 saturated heterocycles. The van der Waals surface area contributed by atoms with Gasteiger partial charge in [-0.1, -0.05) is 33.8 Å². The molecule has 4 aromatic rings. The van der Waals surface area contributed by atoms with Crippen LogP contribution in [0.15, 0.2) is 41.3 Å². The smallest absolute Gasteiger partial charge is 0.324 e. The number of aromatic nitrogens is 3. The molecule has 0 radical (unpaired) electrons. The SMILES string of the molecule is CCn1c(-c2cc(N3CCOCC3)cnc2[C@H](C)OC)c2c3cc(c(F)cc31)-c1csc(n1)C[C@H](NC(=O)[C@H](C(C)C)N(C)C(=O)N1CC(/C=C/S(C)(=O)=O)C1)C(=O)N1CCC[C@H](N1)C(=O)OCC(C)(C)C2. The van der Waals surface area contributed by atoms with Gasteiger partial charge >= 0.3 is 12.0 Å². The van der Waals surface area contributed by atoms with Gasteiger partial charge < -0.3 is 38.8 Å². The van der Waals surface area contributed by atoms with Crippen molar-refractivity contribution in [1.29, 1.82) is 0 Å². The van der Waals surface area contributed by atoms with Gasteiger partial charge in [-0.2, -0.15) is 0 Å². The fraction of sp³-hybridized carbons (Fsp3) is 0.569. The Balaban J connectivity index is 1.18. The number of likely N-dealkylation sites (tertiary alicyclic amines) is 1. The highest BCUT2D eigenvalue weighted by atomic mass is 32.2. The lowest BCUT2D eigenvalue weighted by molar-refractivity contribution is -0.155. The van der Waals surface area contributed by atoms with Crippen LogP contribution >= 0.6 is 11.3 Å². The quantitative estimate of drug-likeness (QED) is 0.173. The Morgan fingerprint density at radius 2 is 1.85 bits per heavy atom. The highest BCUT2D eigenvalue weighted by Gasteiger charge is 2.40. The Morgan fingerprint density at radius 1 is 1.11 bits per heavy atom. The number of hydrazine groups is 1. The first-order valence-corrected chi connectivity index (χ1v) is 27.6. The van der Waals surface area contributed by atoms with Gasteiger partial charge in [0.1, 0.15) is 23.9 Å². The Labute approximate surface area is 425 Å². The van der Waals surface area contributed by atoms with E-state index >= 15 is 4.39 Å². The summed E-state index contributed by atoms with van der Waals surface area (Å²) in [4.78, 5) is 72.0. The lowest BCUT2D eigenvalue weighted by atomic mass is 9.84. The molecule has 21 heteroatoms. The van der Waals surface area contributed by atoms with Crippen molar-refractivity contribution in [1.82, 2.24) is 40.1 Å². The summed E-state index contributed by atoms with van der Waals surface area (Å²) in [6.45, 7) is 15.6. The molecule has 0 saturated carbocycles. The van der Waals surface area contributed by atoms with Crippen LogP contribution in [0.5, 0.6) is 0 Å². The van der Waals surface area contributed by atoms with Crippen LogP contribution in [0.25, 0.3) is 33.4 Å². The van der Waals surface area contributed by atoms with Crippen molar-refractivity contribution in [3.63, 3.8) is 0 Å². The number of anilines is 1. The highest BCUT2D eigenvalue weighted by Crippen LogP contribution is 2.44. The van der Waals surface area contributed by atoms with Gasteiger partial charge in [-0.3, -0.25) is 24.4 Å². The minimum absolute atomic E-state index is 0.0318. The number of nitrogens with zero attached hydrogens (tertiary/aromatic N) is 7. The number of urea groups is 1. The van der Waals surface area contributed by atoms with Crippen molar-refractivity contribution in [2.45, 2.75) is 98.0 Å². The fourth-order valence-electron chi connectivity index (χ4n) is 10.2. The minimum atomic E-state index is -3.33. The summed E-state index contributed by atoms with van der Waals surface area (Å²) in [6.07, 6.45) is 5.40. The maximum atomic E-state index is 16.9. The standard InChI is InChI=1S/C51H68FN9O9S2/c1-10-60-42-22-38(52)35-21-34(42)37(46(60)36-20-33(58-15-17-69-18-16-58)25-53-44(36)31(4)68-8)24-51(5,6)29-70-49(64)39-12-11-14-61(56-39)48(63)40(23-43-54-41(35)28-71-43)55-47(62)45(30(2)3)57(7)50(65)59-26-32(27-59)13-19-72(9,66)67/h13,19-22,25,28,30-32,39-40,45,56H,10-12,14-18,23-24,26-27,29H2,1-9H3,(H,55,62)/b19-13+/t31-,39-,40-,45-/m0/s1. The molecular formula is C51H68FN9O9S2. The number of benzene rings is 1. The van der Waals surface area contributed by atoms with E-state index in [1.54, 1.807) is 38.5 Å². The van der Waals surface area contributed by atoms with Crippen LogP contribution in [0.3, 0.4) is 0 Å². The van der Waals surface area contributed by atoms with E-state index in [-0.39, 0.29) is 56.2 Å². The molecule has 3 fully saturated rings. The first-order valence-electron chi connectivity index (χ1n) is 24.8. The molecule has 4 atom stereocenters. The van der Waals surface area contributed by atoms with Gasteiger partial charge in [-0.25, -0.2) is 28.0 Å². The molecule has 4 amide bonds. The van der Waals surface area contributed by atoms with E-state index in [0.717, 1.165) is 45.3 Å². The Morgan fingerprint density at radius 3 is 2.53 bits per heavy atom. The van der Waals surface area contributed by atoms with E-state index in [0.29, 0.717) is 68.3 Å². The molecule has 8 rings (SSSR count). The predicted molar refractivity (Wildman–Crippen MR) is 273 cm³/mol. The number of hydrogen-bond acceptors (Lipinski definition) is 14. The summed E-state index contributed by atoms with van der Waals surface area (Å²) in [5.41, 5.74) is 8.04. The first-order chi connectivity index (χ1) is 34.2. The second-order valence-electron chi connectivity index (χ2n) is 20.6. The number of hydrogen-bond donors (Lipinski definition) is 2. The van der Waals surface area contributed by atoms with Crippen LogP contribution in [-0.4, -0.2) is 153 Å². The van der Waals surface area contributed by atoms with Crippen LogP contribution in [0, 0.1) is 23.1 Å². The van der Waals surface area contributed by atoms with E-state index in [1.807, 2.05) is 40.0 Å². The van der Waals surface area contributed by atoms with Crippen LogP contribution in [-0.2, 0) is 57.8 Å². The second kappa shape index (κ2) is 21.5. The maximum absolute atomic E-state index is 16.9. The Hall–Kier alpha value is -5.48. The molecule has 390 valence electrons. The van der Waals surface area contributed by atoms with Gasteiger partial charge in [-0.15, -0.1) is 11.3 Å². The number of carbonyl (C=O) groups excluding carboxylic acids is 4. The van der Waals surface area contributed by atoms with Crippen LogP contribution < -0.4 is 15.6 Å². The van der Waals surface area contributed by atoms with Gasteiger partial charge in [0, 0.05) is 105 Å². The molecule has 2 N–H and O–H groups in total. The number of cyclic esters (lactones) is 1. The number of ether oxygens (including phenoxy) is 3. The average Bonchev–Trinajstić information content (AvgIpc) is 3.91. The van der Waals surface area contributed by atoms with Gasteiger partial charge in [0.05, 0.1) is 65.4 Å². The largest absolute Gasteiger partial charge is 0.464 e. The van der Waals surface area contributed by atoms with E-state index in [4.69, 9.17) is 24.2 Å². The van der Waals surface area contributed by atoms with E-state index in [2.05, 4.69) is 26.3 Å². The molecule has 0 spiro atoms. The number of amides is 4. The summed E-state index contributed by atoms with van der Waals surface area (Å²) in [7, 11) is -0.148. The molecule has 6 bridgehead atoms. The third-order valence-corrected chi connectivity index (χ3v) is 15.6. The zero-order valence-electron chi connectivity index (χ0n) is 42.7. The van der Waals surface area contributed by atoms with Gasteiger partial charge in [-0.05, 0) is 62.8 Å². The number of likely N-dealkylation sites (N-methyl/N-ethyl adjacent to an activating group) is 1. The molecule has 72 heavy (non-hydrogen) atoms. The van der Waals surface area contributed by atoms with Gasteiger partial charge in [0.15, 0.2) is 9.84 Å². The van der Waals surface area contributed by atoms with Crippen molar-refractivity contribution in [2.24, 2.45) is 17.3 Å². The molecule has 1 aromatic carbocycles. The number of sulfone groups is 1.